The van der Waals surface area contributed by atoms with Crippen molar-refractivity contribution >= 4 is 17.6 Å². The van der Waals surface area contributed by atoms with Gasteiger partial charge in [-0.3, -0.25) is 0 Å². The number of aromatic nitrogens is 3. The molecule has 0 aliphatic heterocycles. The van der Waals surface area contributed by atoms with Crippen LogP contribution in [0, 0.1) is 19.8 Å². The molecule has 0 radical (unpaired) electrons. The zero-order chi connectivity index (χ0) is 16.1. The van der Waals surface area contributed by atoms with Crippen molar-refractivity contribution in [2.45, 2.75) is 47.1 Å². The maximum atomic E-state index is 4.45. The summed E-state index contributed by atoms with van der Waals surface area (Å²) in [6, 6.07) is 8.47. The molecular formula is C17H25N5. The minimum Gasteiger partial charge on any atom is -0.352 e. The lowest BCUT2D eigenvalue weighted by molar-refractivity contribution is 0.537. The Kier molecular flexibility index (Phi) is 5.31. The molecule has 5 heteroatoms. The molecule has 0 spiro atoms. The number of rotatable bonds is 6. The summed E-state index contributed by atoms with van der Waals surface area (Å²) < 4.78 is 0. The molecule has 1 aromatic carbocycles. The molecule has 5 nitrogen and oxygen atoms in total. The minimum atomic E-state index is 0.328. The van der Waals surface area contributed by atoms with E-state index in [0.29, 0.717) is 29.7 Å². The molecule has 0 saturated carbocycles. The van der Waals surface area contributed by atoms with Crippen molar-refractivity contribution in [2.24, 2.45) is 5.92 Å². The van der Waals surface area contributed by atoms with E-state index in [9.17, 15) is 0 Å². The molecule has 0 amide bonds. The lowest BCUT2D eigenvalue weighted by Gasteiger charge is -2.16. The number of nitrogens with one attached hydrogen (secondary N) is 2. The molecule has 0 aliphatic carbocycles. The average molecular weight is 299 g/mol. The van der Waals surface area contributed by atoms with Crippen LogP contribution in [-0.2, 0) is 0 Å². The molecule has 2 rings (SSSR count). The molecule has 0 aliphatic rings. The van der Waals surface area contributed by atoms with Crippen molar-refractivity contribution in [1.82, 2.24) is 15.0 Å². The van der Waals surface area contributed by atoms with Crippen LogP contribution in [0.25, 0.3) is 0 Å². The van der Waals surface area contributed by atoms with Crippen LogP contribution in [0.2, 0.25) is 0 Å². The maximum absolute atomic E-state index is 4.45. The fourth-order valence-electron chi connectivity index (χ4n) is 2.35. The van der Waals surface area contributed by atoms with Crippen LogP contribution in [0.15, 0.2) is 24.3 Å². The second-order valence-corrected chi connectivity index (χ2v) is 6.20. The first-order valence-corrected chi connectivity index (χ1v) is 7.75. The van der Waals surface area contributed by atoms with Gasteiger partial charge in [-0.2, -0.15) is 15.0 Å². The van der Waals surface area contributed by atoms with Gasteiger partial charge < -0.3 is 10.6 Å². The lowest BCUT2D eigenvalue weighted by atomic mass is 10.1. The Balaban J connectivity index is 2.10. The van der Waals surface area contributed by atoms with E-state index in [0.717, 1.165) is 12.1 Å². The third-order valence-electron chi connectivity index (χ3n) is 3.26. The Bertz CT molecular complexity index is 607. The maximum Gasteiger partial charge on any atom is 0.232 e. The number of hydrogen-bond donors (Lipinski definition) is 2. The standard InChI is InChI=1S/C17H25N5/c1-11(2)10-13(4)18-16-19-14(5)20-17(22-16)21-15-8-6-12(3)7-9-15/h6-9,11,13H,10H2,1-5H3,(H2,18,19,20,21,22). The minimum absolute atomic E-state index is 0.328. The van der Waals surface area contributed by atoms with Crippen molar-refractivity contribution in [3.63, 3.8) is 0 Å². The van der Waals surface area contributed by atoms with Gasteiger partial charge in [-0.1, -0.05) is 31.5 Å². The van der Waals surface area contributed by atoms with Crippen molar-refractivity contribution in [3.8, 4) is 0 Å². The molecule has 22 heavy (non-hydrogen) atoms. The Hall–Kier alpha value is -2.17. The zero-order valence-electron chi connectivity index (χ0n) is 14.0. The predicted octanol–water partition coefficient (Wildman–Crippen LogP) is 4.08. The number of hydrogen-bond acceptors (Lipinski definition) is 5. The smallest absolute Gasteiger partial charge is 0.232 e. The van der Waals surface area contributed by atoms with Crippen molar-refractivity contribution in [1.29, 1.82) is 0 Å². The summed E-state index contributed by atoms with van der Waals surface area (Å²) in [7, 11) is 0. The van der Waals surface area contributed by atoms with Gasteiger partial charge in [-0.25, -0.2) is 0 Å². The second kappa shape index (κ2) is 7.20. The topological polar surface area (TPSA) is 62.7 Å². The molecule has 0 saturated heterocycles. The van der Waals surface area contributed by atoms with E-state index in [-0.39, 0.29) is 0 Å². The molecule has 2 N–H and O–H groups in total. The first kappa shape index (κ1) is 16.2. The van der Waals surface area contributed by atoms with Gasteiger partial charge in [-0.15, -0.1) is 0 Å². The van der Waals surface area contributed by atoms with Crippen molar-refractivity contribution in [3.05, 3.63) is 35.7 Å². The van der Waals surface area contributed by atoms with E-state index in [1.807, 2.05) is 19.1 Å². The van der Waals surface area contributed by atoms with E-state index < -0.39 is 0 Å². The highest BCUT2D eigenvalue weighted by molar-refractivity contribution is 5.54. The fraction of sp³-hybridized carbons (Fsp3) is 0.471. The first-order valence-electron chi connectivity index (χ1n) is 7.75. The fourth-order valence-corrected chi connectivity index (χ4v) is 2.35. The highest BCUT2D eigenvalue weighted by Crippen LogP contribution is 2.16. The van der Waals surface area contributed by atoms with Gasteiger partial charge in [0.05, 0.1) is 0 Å². The van der Waals surface area contributed by atoms with E-state index in [1.54, 1.807) is 0 Å². The summed E-state index contributed by atoms with van der Waals surface area (Å²) in [6.07, 6.45) is 1.07. The Labute approximate surface area is 132 Å². The van der Waals surface area contributed by atoms with Gasteiger partial charge >= 0.3 is 0 Å². The first-order chi connectivity index (χ1) is 10.4. The molecule has 1 heterocycles. The molecule has 1 aromatic heterocycles. The highest BCUT2D eigenvalue weighted by Gasteiger charge is 2.09. The zero-order valence-corrected chi connectivity index (χ0v) is 14.0. The third-order valence-corrected chi connectivity index (χ3v) is 3.26. The second-order valence-electron chi connectivity index (χ2n) is 6.20. The Morgan fingerprint density at radius 2 is 1.55 bits per heavy atom. The monoisotopic (exact) mass is 299 g/mol. The third kappa shape index (κ3) is 4.98. The molecule has 0 fully saturated rings. The van der Waals surface area contributed by atoms with E-state index in [2.05, 4.69) is 65.4 Å². The van der Waals surface area contributed by atoms with Gasteiger partial charge in [0.15, 0.2) is 0 Å². The van der Waals surface area contributed by atoms with Crippen LogP contribution in [0.3, 0.4) is 0 Å². The normalized spacial score (nSPS) is 12.3. The quantitative estimate of drug-likeness (QED) is 0.841. The summed E-state index contributed by atoms with van der Waals surface area (Å²) in [4.78, 5) is 13.2. The molecule has 1 atom stereocenters. The number of nitrogens with zero attached hydrogens (tertiary/aromatic N) is 3. The van der Waals surface area contributed by atoms with Crippen LogP contribution in [0.5, 0.6) is 0 Å². The van der Waals surface area contributed by atoms with Crippen LogP contribution < -0.4 is 10.6 Å². The largest absolute Gasteiger partial charge is 0.352 e. The molecule has 0 bridgehead atoms. The SMILES string of the molecule is Cc1ccc(Nc2nc(C)nc(NC(C)CC(C)C)n2)cc1. The lowest BCUT2D eigenvalue weighted by Crippen LogP contribution is -2.20. The van der Waals surface area contributed by atoms with Crippen LogP contribution in [0.1, 0.15) is 38.6 Å². The molecule has 118 valence electrons. The van der Waals surface area contributed by atoms with Crippen molar-refractivity contribution < 1.29 is 0 Å². The van der Waals surface area contributed by atoms with Gasteiger partial charge in [-0.05, 0) is 45.2 Å². The highest BCUT2D eigenvalue weighted by atomic mass is 15.2. The summed E-state index contributed by atoms with van der Waals surface area (Å²) in [5.74, 6) is 2.52. The number of anilines is 3. The van der Waals surface area contributed by atoms with Crippen LogP contribution in [-0.4, -0.2) is 21.0 Å². The number of aryl methyl sites for hydroxylation is 2. The average Bonchev–Trinajstić information content (AvgIpc) is 2.39. The predicted molar refractivity (Wildman–Crippen MR) is 91.6 cm³/mol. The summed E-state index contributed by atoms with van der Waals surface area (Å²) in [5, 5.41) is 6.57. The molecular weight excluding hydrogens is 274 g/mol. The van der Waals surface area contributed by atoms with Gasteiger partial charge in [0.1, 0.15) is 5.82 Å². The Morgan fingerprint density at radius 1 is 0.909 bits per heavy atom. The van der Waals surface area contributed by atoms with E-state index in [4.69, 9.17) is 0 Å². The summed E-state index contributed by atoms with van der Waals surface area (Å²) >= 11 is 0. The van der Waals surface area contributed by atoms with Crippen molar-refractivity contribution in [2.75, 3.05) is 10.6 Å². The summed E-state index contributed by atoms with van der Waals surface area (Å²) in [6.45, 7) is 10.5. The van der Waals surface area contributed by atoms with Crippen LogP contribution in [0.4, 0.5) is 17.6 Å². The number of benzene rings is 1. The van der Waals surface area contributed by atoms with E-state index >= 15 is 0 Å². The summed E-state index contributed by atoms with van der Waals surface area (Å²) in [5.41, 5.74) is 2.19. The molecule has 1 unspecified atom stereocenters. The Morgan fingerprint density at radius 3 is 2.18 bits per heavy atom. The van der Waals surface area contributed by atoms with E-state index in [1.165, 1.54) is 5.56 Å². The van der Waals surface area contributed by atoms with Crippen LogP contribution >= 0.6 is 0 Å². The van der Waals surface area contributed by atoms with Gasteiger partial charge in [0.25, 0.3) is 0 Å². The van der Waals surface area contributed by atoms with Gasteiger partial charge in [0, 0.05) is 11.7 Å². The molecule has 2 aromatic rings. The van der Waals surface area contributed by atoms with Gasteiger partial charge in [0.2, 0.25) is 11.9 Å².